The van der Waals surface area contributed by atoms with Gasteiger partial charge in [0, 0.05) is 18.1 Å². The number of carbonyl (C=O) groups is 2. The fraction of sp³-hybridized carbons (Fsp3) is 0.846. The fourth-order valence-electron chi connectivity index (χ4n) is 2.14. The number of Topliss-reactive ketones (excluding diaryl/α,β-unsaturated/α-hetero) is 1. The van der Waals surface area contributed by atoms with E-state index >= 15 is 0 Å². The van der Waals surface area contributed by atoms with Crippen LogP contribution in [0, 0.1) is 5.92 Å². The van der Waals surface area contributed by atoms with Crippen LogP contribution in [-0.2, 0) is 14.3 Å². The predicted octanol–water partition coefficient (Wildman–Crippen LogP) is 1.58. The Labute approximate surface area is 113 Å². The van der Waals surface area contributed by atoms with Crippen molar-refractivity contribution in [3.05, 3.63) is 0 Å². The van der Waals surface area contributed by atoms with E-state index in [2.05, 4.69) is 11.8 Å². The third-order valence-electron chi connectivity index (χ3n) is 3.40. The van der Waals surface area contributed by atoms with Crippen molar-refractivity contribution in [1.29, 1.82) is 0 Å². The first kappa shape index (κ1) is 15.5. The minimum atomic E-state index is -0.582. The Morgan fingerprint density at radius 2 is 2.22 bits per heavy atom. The minimum absolute atomic E-state index is 0.0324. The van der Waals surface area contributed by atoms with Crippen molar-refractivity contribution in [2.45, 2.75) is 32.2 Å². The van der Waals surface area contributed by atoms with Gasteiger partial charge in [0.25, 0.3) is 0 Å². The molecular weight excluding hydrogens is 250 g/mol. The number of hydrogen-bond donors (Lipinski definition) is 0. The SMILES string of the molecule is CCCCC(C(=O)OC)C(=O)C1CSCCN1C. The molecule has 0 radical (unpaired) electrons. The number of hydrogen-bond acceptors (Lipinski definition) is 5. The minimum Gasteiger partial charge on any atom is -0.468 e. The molecule has 0 amide bonds. The fourth-order valence-corrected chi connectivity index (χ4v) is 3.37. The van der Waals surface area contributed by atoms with Crippen LogP contribution >= 0.6 is 11.8 Å². The number of ketones is 1. The molecule has 104 valence electrons. The Hall–Kier alpha value is -0.550. The summed E-state index contributed by atoms with van der Waals surface area (Å²) in [7, 11) is 3.31. The molecule has 1 saturated heterocycles. The zero-order chi connectivity index (χ0) is 13.5. The van der Waals surface area contributed by atoms with Crippen LogP contribution in [-0.4, -0.2) is 54.9 Å². The average Bonchev–Trinajstić information content (AvgIpc) is 2.39. The van der Waals surface area contributed by atoms with E-state index in [0.29, 0.717) is 6.42 Å². The van der Waals surface area contributed by atoms with Gasteiger partial charge in [0.15, 0.2) is 5.78 Å². The van der Waals surface area contributed by atoms with E-state index in [4.69, 9.17) is 4.74 Å². The molecule has 4 nitrogen and oxygen atoms in total. The van der Waals surface area contributed by atoms with E-state index in [1.807, 2.05) is 7.05 Å². The molecule has 0 aromatic rings. The van der Waals surface area contributed by atoms with E-state index < -0.39 is 5.92 Å². The molecule has 18 heavy (non-hydrogen) atoms. The molecule has 2 unspecified atom stereocenters. The molecule has 0 aromatic heterocycles. The summed E-state index contributed by atoms with van der Waals surface area (Å²) in [4.78, 5) is 26.3. The van der Waals surface area contributed by atoms with Gasteiger partial charge in [-0.1, -0.05) is 19.8 Å². The summed E-state index contributed by atoms with van der Waals surface area (Å²) in [6.45, 7) is 2.96. The van der Waals surface area contributed by atoms with Gasteiger partial charge in [0.05, 0.1) is 13.2 Å². The molecule has 0 N–H and O–H groups in total. The van der Waals surface area contributed by atoms with Gasteiger partial charge >= 0.3 is 5.97 Å². The molecule has 1 heterocycles. The number of esters is 1. The predicted molar refractivity (Wildman–Crippen MR) is 73.8 cm³/mol. The van der Waals surface area contributed by atoms with Crippen LogP contribution in [0.5, 0.6) is 0 Å². The van der Waals surface area contributed by atoms with E-state index in [1.54, 1.807) is 11.8 Å². The number of likely N-dealkylation sites (N-methyl/N-ethyl adjacent to an activating group) is 1. The van der Waals surface area contributed by atoms with Gasteiger partial charge in [-0.25, -0.2) is 0 Å². The van der Waals surface area contributed by atoms with Gasteiger partial charge in [0.1, 0.15) is 5.92 Å². The van der Waals surface area contributed by atoms with Crippen molar-refractivity contribution in [2.75, 3.05) is 32.2 Å². The molecule has 1 rings (SSSR count). The summed E-state index contributed by atoms with van der Waals surface area (Å²) in [5.74, 6) is 0.913. The molecule has 5 heteroatoms. The molecule has 1 aliphatic rings. The largest absolute Gasteiger partial charge is 0.468 e. The maximum absolute atomic E-state index is 12.5. The van der Waals surface area contributed by atoms with Crippen LogP contribution in [0.3, 0.4) is 0 Å². The second-order valence-corrected chi connectivity index (χ2v) is 5.84. The number of ether oxygens (including phenoxy) is 1. The Balaban J connectivity index is 2.70. The van der Waals surface area contributed by atoms with Crippen LogP contribution in [0.25, 0.3) is 0 Å². The zero-order valence-electron chi connectivity index (χ0n) is 11.5. The molecule has 0 aromatic carbocycles. The molecule has 0 bridgehead atoms. The van der Waals surface area contributed by atoms with Crippen molar-refractivity contribution in [3.8, 4) is 0 Å². The van der Waals surface area contributed by atoms with Gasteiger partial charge in [-0.05, 0) is 13.5 Å². The van der Waals surface area contributed by atoms with Gasteiger partial charge in [-0.3, -0.25) is 14.5 Å². The maximum atomic E-state index is 12.5. The van der Waals surface area contributed by atoms with Crippen molar-refractivity contribution < 1.29 is 14.3 Å². The first-order valence-corrected chi connectivity index (χ1v) is 7.66. The Morgan fingerprint density at radius 1 is 1.50 bits per heavy atom. The molecule has 0 aliphatic carbocycles. The topological polar surface area (TPSA) is 46.6 Å². The molecule has 1 aliphatic heterocycles. The van der Waals surface area contributed by atoms with Crippen molar-refractivity contribution in [1.82, 2.24) is 4.90 Å². The highest BCUT2D eigenvalue weighted by atomic mass is 32.2. The van der Waals surface area contributed by atoms with E-state index in [1.165, 1.54) is 7.11 Å². The van der Waals surface area contributed by atoms with E-state index in [-0.39, 0.29) is 17.8 Å². The summed E-state index contributed by atoms with van der Waals surface area (Å²) in [6.07, 6.45) is 2.47. The van der Waals surface area contributed by atoms with E-state index in [9.17, 15) is 9.59 Å². The zero-order valence-corrected chi connectivity index (χ0v) is 12.3. The Bertz CT molecular complexity index is 296. The van der Waals surface area contributed by atoms with Gasteiger partial charge in [0.2, 0.25) is 0 Å². The third-order valence-corrected chi connectivity index (χ3v) is 4.42. The second-order valence-electron chi connectivity index (χ2n) is 4.69. The number of thioether (sulfide) groups is 1. The van der Waals surface area contributed by atoms with Crippen molar-refractivity contribution in [2.24, 2.45) is 5.92 Å². The molecular formula is C13H23NO3S. The van der Waals surface area contributed by atoms with Gasteiger partial charge in [-0.15, -0.1) is 0 Å². The van der Waals surface area contributed by atoms with Crippen LogP contribution in [0.4, 0.5) is 0 Å². The lowest BCUT2D eigenvalue weighted by Gasteiger charge is -2.32. The Morgan fingerprint density at radius 3 is 2.78 bits per heavy atom. The lowest BCUT2D eigenvalue weighted by atomic mass is 9.93. The highest BCUT2D eigenvalue weighted by molar-refractivity contribution is 7.99. The molecule has 0 spiro atoms. The Kier molecular flexibility index (Phi) is 6.71. The lowest BCUT2D eigenvalue weighted by Crippen LogP contribution is -2.48. The summed E-state index contributed by atoms with van der Waals surface area (Å²) in [5.41, 5.74) is 0. The molecule has 2 atom stereocenters. The number of methoxy groups -OCH3 is 1. The molecule has 1 fully saturated rings. The normalized spacial score (nSPS) is 22.5. The maximum Gasteiger partial charge on any atom is 0.316 e. The average molecular weight is 273 g/mol. The van der Waals surface area contributed by atoms with Crippen molar-refractivity contribution in [3.63, 3.8) is 0 Å². The summed E-state index contributed by atoms with van der Waals surface area (Å²) >= 11 is 1.78. The number of nitrogens with zero attached hydrogens (tertiary/aromatic N) is 1. The third kappa shape index (κ3) is 3.99. The van der Waals surface area contributed by atoms with Crippen LogP contribution in [0.1, 0.15) is 26.2 Å². The van der Waals surface area contributed by atoms with Crippen molar-refractivity contribution >= 4 is 23.5 Å². The summed E-state index contributed by atoms with van der Waals surface area (Å²) in [6, 6.07) is -0.135. The summed E-state index contributed by atoms with van der Waals surface area (Å²) in [5, 5.41) is 0. The highest BCUT2D eigenvalue weighted by Gasteiger charge is 2.35. The standard InChI is InChI=1S/C13H23NO3S/c1-4-5-6-10(13(16)17-3)12(15)11-9-18-8-7-14(11)2/h10-11H,4-9H2,1-3H3. The first-order chi connectivity index (χ1) is 8.61. The van der Waals surface area contributed by atoms with Gasteiger partial charge < -0.3 is 4.74 Å². The van der Waals surface area contributed by atoms with Crippen LogP contribution in [0.2, 0.25) is 0 Å². The second kappa shape index (κ2) is 7.79. The van der Waals surface area contributed by atoms with E-state index in [0.717, 1.165) is 30.9 Å². The molecule has 0 saturated carbocycles. The lowest BCUT2D eigenvalue weighted by molar-refractivity contribution is -0.151. The quantitative estimate of drug-likeness (QED) is 0.543. The number of carbonyl (C=O) groups excluding carboxylic acids is 2. The van der Waals surface area contributed by atoms with Gasteiger partial charge in [-0.2, -0.15) is 11.8 Å². The monoisotopic (exact) mass is 273 g/mol. The first-order valence-electron chi connectivity index (χ1n) is 6.51. The van der Waals surface area contributed by atoms with Crippen LogP contribution in [0.15, 0.2) is 0 Å². The smallest absolute Gasteiger partial charge is 0.316 e. The number of rotatable bonds is 6. The van der Waals surface area contributed by atoms with Crippen LogP contribution < -0.4 is 0 Å². The summed E-state index contributed by atoms with van der Waals surface area (Å²) < 4.78 is 4.77. The number of unbranched alkanes of at least 4 members (excludes halogenated alkanes) is 1. The highest BCUT2D eigenvalue weighted by Crippen LogP contribution is 2.21.